The minimum Gasteiger partial charge on any atom is -0.352 e. The summed E-state index contributed by atoms with van der Waals surface area (Å²) in [6.07, 6.45) is 9.07. The van der Waals surface area contributed by atoms with Crippen LogP contribution >= 0.6 is 0 Å². The Bertz CT molecular complexity index is 1760. The van der Waals surface area contributed by atoms with E-state index in [1.807, 2.05) is 37.3 Å². The molecule has 0 spiro atoms. The number of hydrogen-bond acceptors (Lipinski definition) is 6. The van der Waals surface area contributed by atoms with E-state index >= 15 is 0 Å². The Kier molecular flexibility index (Phi) is 5.61. The van der Waals surface area contributed by atoms with Crippen molar-refractivity contribution >= 4 is 34.6 Å². The van der Waals surface area contributed by atoms with Crippen LogP contribution < -0.4 is 21.2 Å². The molecule has 0 saturated carbocycles. The second kappa shape index (κ2) is 9.11. The minimum absolute atomic E-state index is 0.170. The smallest absolute Gasteiger partial charge is 0.147 e. The number of H-pyrrole nitrogens is 2. The molecule has 4 aromatic heterocycles. The maximum absolute atomic E-state index is 13.9. The Labute approximate surface area is 212 Å². The van der Waals surface area contributed by atoms with E-state index in [-0.39, 0.29) is 11.9 Å². The summed E-state index contributed by atoms with van der Waals surface area (Å²) in [7, 11) is 0. The van der Waals surface area contributed by atoms with E-state index in [2.05, 4.69) is 36.6 Å². The zero-order valence-corrected chi connectivity index (χ0v) is 20.2. The largest absolute Gasteiger partial charge is 0.352 e. The van der Waals surface area contributed by atoms with Crippen LogP contribution in [0.3, 0.4) is 0 Å². The van der Waals surface area contributed by atoms with Gasteiger partial charge in [-0.25, -0.2) is 14.4 Å². The van der Waals surface area contributed by atoms with Gasteiger partial charge in [0.05, 0.1) is 29.1 Å². The molecular formula is C28H25FN8. The minimum atomic E-state index is -0.284. The predicted octanol–water partition coefficient (Wildman–Crippen LogP) is 2.99. The van der Waals surface area contributed by atoms with Crippen LogP contribution in [0.25, 0.3) is 51.3 Å². The van der Waals surface area contributed by atoms with Crippen molar-refractivity contribution in [3.63, 3.8) is 0 Å². The van der Waals surface area contributed by atoms with Crippen molar-refractivity contribution in [2.75, 3.05) is 18.0 Å². The first-order valence-electron chi connectivity index (χ1n) is 12.0. The molecule has 5 heterocycles. The maximum Gasteiger partial charge on any atom is 0.147 e. The van der Waals surface area contributed by atoms with Gasteiger partial charge in [0.2, 0.25) is 0 Å². The summed E-state index contributed by atoms with van der Waals surface area (Å²) in [5.74, 6) is 0.503. The number of rotatable bonds is 5. The van der Waals surface area contributed by atoms with Crippen molar-refractivity contribution in [2.45, 2.75) is 13.0 Å². The Morgan fingerprint density at radius 3 is 2.86 bits per heavy atom. The number of nitrogens with one attached hydrogen (secondary N) is 2. The third-order valence-corrected chi connectivity index (χ3v) is 6.55. The van der Waals surface area contributed by atoms with Gasteiger partial charge in [-0.05, 0) is 54.0 Å². The number of anilines is 1. The summed E-state index contributed by atoms with van der Waals surface area (Å²) in [5.41, 5.74) is 11.2. The molecule has 37 heavy (non-hydrogen) atoms. The van der Waals surface area contributed by atoms with E-state index in [1.165, 1.54) is 12.1 Å². The Morgan fingerprint density at radius 2 is 2.08 bits per heavy atom. The van der Waals surface area contributed by atoms with Gasteiger partial charge in [0.1, 0.15) is 23.0 Å². The highest BCUT2D eigenvalue weighted by Crippen LogP contribution is 2.30. The third kappa shape index (κ3) is 4.19. The van der Waals surface area contributed by atoms with Crippen molar-refractivity contribution in [3.05, 3.63) is 83.6 Å². The molecule has 184 valence electrons. The standard InChI is InChI=1S/C28H25FN8/c1-3-23-22(9-16(2)25-12-31-13-26(33-25)37-14-19(30)15-37)27(36-35-23)24-11-21-20(7-8-32-28(21)34-24)17-5-4-6-18(29)10-17/h3-13,19,35H,2,14-15,30H2,1H3,(H,32,34)/b22-9+,23-3+. The molecule has 1 fully saturated rings. The molecular weight excluding hydrogens is 467 g/mol. The summed E-state index contributed by atoms with van der Waals surface area (Å²) < 4.78 is 13.9. The first-order valence-corrected chi connectivity index (χ1v) is 12.0. The molecule has 0 radical (unpaired) electrons. The van der Waals surface area contributed by atoms with E-state index in [1.54, 1.807) is 24.7 Å². The number of halogens is 1. The van der Waals surface area contributed by atoms with Crippen molar-refractivity contribution < 1.29 is 4.39 Å². The van der Waals surface area contributed by atoms with Crippen molar-refractivity contribution in [1.29, 1.82) is 0 Å². The van der Waals surface area contributed by atoms with Crippen LogP contribution in [0.15, 0.2) is 61.6 Å². The van der Waals surface area contributed by atoms with Gasteiger partial charge in [0.25, 0.3) is 0 Å². The summed E-state index contributed by atoms with van der Waals surface area (Å²) in [6, 6.07) is 10.6. The molecule has 0 unspecified atom stereocenters. The normalized spacial score (nSPS) is 14.9. The zero-order chi connectivity index (χ0) is 25.5. The fourth-order valence-corrected chi connectivity index (χ4v) is 4.61. The number of allylic oxidation sites excluding steroid dienone is 1. The van der Waals surface area contributed by atoms with Gasteiger partial charge in [-0.3, -0.25) is 10.1 Å². The topological polar surface area (TPSA) is 112 Å². The van der Waals surface area contributed by atoms with Crippen LogP contribution in [0.4, 0.5) is 10.2 Å². The van der Waals surface area contributed by atoms with Gasteiger partial charge in [-0.15, -0.1) is 0 Å². The highest BCUT2D eigenvalue weighted by atomic mass is 19.1. The lowest BCUT2D eigenvalue weighted by Crippen LogP contribution is -2.56. The molecule has 0 atom stereocenters. The molecule has 0 bridgehead atoms. The Hall–Kier alpha value is -4.63. The highest BCUT2D eigenvalue weighted by molar-refractivity contribution is 5.96. The second-order valence-corrected chi connectivity index (χ2v) is 9.10. The number of nitrogens with two attached hydrogens (primary N) is 1. The fourth-order valence-electron chi connectivity index (χ4n) is 4.61. The summed E-state index contributed by atoms with van der Waals surface area (Å²) in [6.45, 7) is 7.73. The van der Waals surface area contributed by atoms with Crippen molar-refractivity contribution in [2.24, 2.45) is 5.73 Å². The number of nitrogens with zero attached hydrogens (tertiary/aromatic N) is 5. The van der Waals surface area contributed by atoms with Crippen LogP contribution in [-0.4, -0.2) is 49.3 Å². The van der Waals surface area contributed by atoms with Gasteiger partial charge in [-0.1, -0.05) is 24.8 Å². The van der Waals surface area contributed by atoms with E-state index in [4.69, 9.17) is 10.7 Å². The predicted molar refractivity (Wildman–Crippen MR) is 144 cm³/mol. The van der Waals surface area contributed by atoms with E-state index in [0.29, 0.717) is 16.9 Å². The molecule has 9 heteroatoms. The first kappa shape index (κ1) is 22.8. The number of aromatic amines is 2. The Morgan fingerprint density at radius 1 is 1.22 bits per heavy atom. The van der Waals surface area contributed by atoms with Crippen LogP contribution in [-0.2, 0) is 0 Å². The number of aromatic nitrogens is 6. The van der Waals surface area contributed by atoms with Gasteiger partial charge >= 0.3 is 0 Å². The van der Waals surface area contributed by atoms with Crippen LogP contribution in [0.5, 0.6) is 0 Å². The maximum atomic E-state index is 13.9. The van der Waals surface area contributed by atoms with Crippen LogP contribution in [0, 0.1) is 5.82 Å². The summed E-state index contributed by atoms with van der Waals surface area (Å²) in [4.78, 5) is 19.1. The molecule has 5 aromatic rings. The van der Waals surface area contributed by atoms with E-state index in [9.17, 15) is 4.39 Å². The van der Waals surface area contributed by atoms with Crippen molar-refractivity contribution in [1.82, 2.24) is 30.1 Å². The summed E-state index contributed by atoms with van der Waals surface area (Å²) in [5, 5.41) is 10.3. The lowest BCUT2D eigenvalue weighted by Gasteiger charge is -2.37. The molecule has 6 rings (SSSR count). The zero-order valence-electron chi connectivity index (χ0n) is 20.2. The molecule has 1 aliphatic heterocycles. The average molecular weight is 493 g/mol. The van der Waals surface area contributed by atoms with Gasteiger partial charge in [-0.2, -0.15) is 5.10 Å². The van der Waals surface area contributed by atoms with E-state index < -0.39 is 0 Å². The lowest BCUT2D eigenvalue weighted by molar-refractivity contribution is 0.513. The first-order chi connectivity index (χ1) is 18.0. The highest BCUT2D eigenvalue weighted by Gasteiger charge is 2.24. The second-order valence-electron chi connectivity index (χ2n) is 9.10. The number of benzene rings is 1. The number of pyridine rings is 1. The molecule has 1 aromatic carbocycles. The molecule has 1 aliphatic rings. The average Bonchev–Trinajstić information content (AvgIpc) is 3.50. The van der Waals surface area contributed by atoms with E-state index in [0.717, 1.165) is 57.4 Å². The third-order valence-electron chi connectivity index (χ3n) is 6.55. The van der Waals surface area contributed by atoms with Crippen LogP contribution in [0.1, 0.15) is 12.6 Å². The molecule has 1 saturated heterocycles. The van der Waals surface area contributed by atoms with Gasteiger partial charge in [0, 0.05) is 35.9 Å². The summed E-state index contributed by atoms with van der Waals surface area (Å²) >= 11 is 0. The Balaban J connectivity index is 1.42. The monoisotopic (exact) mass is 492 g/mol. The van der Waals surface area contributed by atoms with Gasteiger partial charge < -0.3 is 15.6 Å². The fraction of sp³-hybridized carbons (Fsp3) is 0.143. The molecule has 0 amide bonds. The van der Waals surface area contributed by atoms with Crippen LogP contribution in [0.2, 0.25) is 0 Å². The number of fused-ring (bicyclic) bond motifs is 1. The number of hydrogen-bond donors (Lipinski definition) is 3. The molecule has 0 aliphatic carbocycles. The molecule has 4 N–H and O–H groups in total. The van der Waals surface area contributed by atoms with Crippen molar-refractivity contribution in [3.8, 4) is 22.5 Å². The lowest BCUT2D eigenvalue weighted by atomic mass is 10.0. The van der Waals surface area contributed by atoms with Gasteiger partial charge in [0.15, 0.2) is 0 Å². The molecule has 8 nitrogen and oxygen atoms in total. The SMILES string of the molecule is C=C(/C=c1/c(-c2cc3c(-c4cccc(F)c4)ccnc3[nH]2)n[nH]/c1=C/C)c1cncc(N2CC(N)C2)n1. The quantitative estimate of drug-likeness (QED) is 0.348.